The second-order valence-corrected chi connectivity index (χ2v) is 5.43. The van der Waals surface area contributed by atoms with Gasteiger partial charge in [-0.05, 0) is 53.8 Å². The molecule has 0 aliphatic rings. The van der Waals surface area contributed by atoms with Crippen LogP contribution in [0.2, 0.25) is 0 Å². The maximum absolute atomic E-state index is 13.2. The summed E-state index contributed by atoms with van der Waals surface area (Å²) < 4.78 is 16.0. The predicted octanol–water partition coefficient (Wildman–Crippen LogP) is 2.74. The summed E-state index contributed by atoms with van der Waals surface area (Å²) in [6.07, 6.45) is 2.75. The van der Waals surface area contributed by atoms with E-state index in [9.17, 15) is 4.39 Å². The number of nitrogens with zero attached hydrogens (tertiary/aromatic N) is 3. The number of hydrogen-bond acceptors (Lipinski definition) is 3. The Labute approximate surface area is 125 Å². The van der Waals surface area contributed by atoms with Crippen molar-refractivity contribution in [2.75, 3.05) is 7.05 Å². The van der Waals surface area contributed by atoms with Gasteiger partial charge >= 0.3 is 0 Å². The lowest BCUT2D eigenvalue weighted by Gasteiger charge is -2.19. The van der Waals surface area contributed by atoms with Crippen molar-refractivity contribution >= 4 is 22.6 Å². The topological polar surface area (TPSA) is 42.7 Å². The van der Waals surface area contributed by atoms with Crippen LogP contribution in [0, 0.1) is 9.39 Å². The van der Waals surface area contributed by atoms with E-state index in [1.54, 1.807) is 6.20 Å². The standard InChI is InChI=1S/C13H16FIN4/c1-3-6-19-12(8-17-18-19)13(16-2)10-5-4-9(14)7-11(10)15/h4-5,7-8,13,16H,3,6H2,1-2H3. The molecule has 4 nitrogen and oxygen atoms in total. The maximum atomic E-state index is 13.2. The molecule has 2 rings (SSSR count). The number of aryl methyl sites for hydroxylation is 1. The zero-order valence-electron chi connectivity index (χ0n) is 10.9. The van der Waals surface area contributed by atoms with E-state index in [2.05, 4.69) is 45.1 Å². The van der Waals surface area contributed by atoms with Crippen molar-refractivity contribution in [1.29, 1.82) is 0 Å². The molecule has 0 spiro atoms. The van der Waals surface area contributed by atoms with Crippen LogP contribution >= 0.6 is 22.6 Å². The van der Waals surface area contributed by atoms with Gasteiger partial charge in [0.25, 0.3) is 0 Å². The first-order chi connectivity index (χ1) is 9.17. The molecule has 0 aliphatic heterocycles. The van der Waals surface area contributed by atoms with Crippen molar-refractivity contribution < 1.29 is 4.39 Å². The molecule has 1 unspecified atom stereocenters. The Kier molecular flexibility index (Phi) is 4.87. The van der Waals surface area contributed by atoms with Gasteiger partial charge in [0.05, 0.1) is 17.9 Å². The van der Waals surface area contributed by atoms with Crippen LogP contribution in [0.3, 0.4) is 0 Å². The zero-order valence-corrected chi connectivity index (χ0v) is 13.1. The fourth-order valence-corrected chi connectivity index (χ4v) is 2.86. The Morgan fingerprint density at radius 1 is 1.47 bits per heavy atom. The van der Waals surface area contributed by atoms with Crippen molar-refractivity contribution in [2.45, 2.75) is 25.9 Å². The first-order valence-corrected chi connectivity index (χ1v) is 7.25. The zero-order chi connectivity index (χ0) is 13.8. The molecule has 1 aromatic carbocycles. The van der Waals surface area contributed by atoms with Crippen molar-refractivity contribution in [2.24, 2.45) is 0 Å². The van der Waals surface area contributed by atoms with Crippen LogP contribution in [-0.2, 0) is 6.54 Å². The van der Waals surface area contributed by atoms with Gasteiger partial charge in [-0.3, -0.25) is 0 Å². The van der Waals surface area contributed by atoms with Gasteiger partial charge in [0, 0.05) is 10.1 Å². The number of nitrogens with one attached hydrogen (secondary N) is 1. The third-order valence-corrected chi connectivity index (χ3v) is 3.88. The largest absolute Gasteiger partial charge is 0.308 e. The summed E-state index contributed by atoms with van der Waals surface area (Å²) in [7, 11) is 1.88. The van der Waals surface area contributed by atoms with Crippen molar-refractivity contribution in [3.63, 3.8) is 0 Å². The highest BCUT2D eigenvalue weighted by molar-refractivity contribution is 14.1. The van der Waals surface area contributed by atoms with Gasteiger partial charge in [-0.15, -0.1) is 5.10 Å². The summed E-state index contributed by atoms with van der Waals surface area (Å²) in [5.41, 5.74) is 2.03. The van der Waals surface area contributed by atoms with Crippen molar-refractivity contribution in [1.82, 2.24) is 20.3 Å². The summed E-state index contributed by atoms with van der Waals surface area (Å²) in [5.74, 6) is -0.219. The number of rotatable bonds is 5. The molecule has 102 valence electrons. The van der Waals surface area contributed by atoms with E-state index in [-0.39, 0.29) is 11.9 Å². The average Bonchev–Trinajstić information content (AvgIpc) is 2.82. The second kappa shape index (κ2) is 6.42. The summed E-state index contributed by atoms with van der Waals surface area (Å²) in [5, 5.41) is 11.3. The molecule has 0 saturated heterocycles. The van der Waals surface area contributed by atoms with Gasteiger partial charge in [0.1, 0.15) is 5.82 Å². The Hall–Kier alpha value is -1.02. The first kappa shape index (κ1) is 14.4. The average molecular weight is 374 g/mol. The molecule has 6 heteroatoms. The molecule has 0 saturated carbocycles. The normalized spacial score (nSPS) is 12.6. The van der Waals surface area contributed by atoms with Crippen molar-refractivity contribution in [3.8, 4) is 0 Å². The van der Waals surface area contributed by atoms with E-state index in [1.165, 1.54) is 12.1 Å². The lowest BCUT2D eigenvalue weighted by Crippen LogP contribution is -2.22. The van der Waals surface area contributed by atoms with Gasteiger partial charge in [-0.25, -0.2) is 9.07 Å². The van der Waals surface area contributed by atoms with Crippen LogP contribution in [0.4, 0.5) is 4.39 Å². The van der Waals surface area contributed by atoms with E-state index in [1.807, 2.05) is 17.8 Å². The summed E-state index contributed by atoms with van der Waals surface area (Å²) in [6.45, 7) is 2.92. The first-order valence-electron chi connectivity index (χ1n) is 6.18. The number of halogens is 2. The van der Waals surface area contributed by atoms with E-state index in [0.29, 0.717) is 0 Å². The third kappa shape index (κ3) is 3.11. The van der Waals surface area contributed by atoms with Gasteiger partial charge < -0.3 is 5.32 Å². The summed E-state index contributed by atoms with van der Waals surface area (Å²) >= 11 is 2.15. The fourth-order valence-electron chi connectivity index (χ4n) is 2.07. The molecule has 2 aromatic rings. The van der Waals surface area contributed by atoms with E-state index >= 15 is 0 Å². The van der Waals surface area contributed by atoms with Gasteiger partial charge in [-0.1, -0.05) is 18.2 Å². The Balaban J connectivity index is 2.41. The molecular weight excluding hydrogens is 358 g/mol. The quantitative estimate of drug-likeness (QED) is 0.819. The lowest BCUT2D eigenvalue weighted by molar-refractivity contribution is 0.522. The Morgan fingerprint density at radius 3 is 2.89 bits per heavy atom. The molecule has 0 fully saturated rings. The molecule has 1 aromatic heterocycles. The highest BCUT2D eigenvalue weighted by Gasteiger charge is 2.19. The molecule has 1 atom stereocenters. The molecule has 0 radical (unpaired) electrons. The second-order valence-electron chi connectivity index (χ2n) is 4.27. The van der Waals surface area contributed by atoms with E-state index < -0.39 is 0 Å². The highest BCUT2D eigenvalue weighted by Crippen LogP contribution is 2.26. The van der Waals surface area contributed by atoms with E-state index in [0.717, 1.165) is 27.8 Å². The molecule has 0 amide bonds. The van der Waals surface area contributed by atoms with Gasteiger partial charge in [0.15, 0.2) is 0 Å². The fraction of sp³-hybridized carbons (Fsp3) is 0.385. The summed E-state index contributed by atoms with van der Waals surface area (Å²) in [6, 6.07) is 4.79. The third-order valence-electron chi connectivity index (χ3n) is 2.94. The molecule has 0 bridgehead atoms. The minimum Gasteiger partial charge on any atom is -0.308 e. The van der Waals surface area contributed by atoms with Crippen LogP contribution in [0.25, 0.3) is 0 Å². The molecule has 1 heterocycles. The number of benzene rings is 1. The van der Waals surface area contributed by atoms with Gasteiger partial charge in [-0.2, -0.15) is 0 Å². The number of aromatic nitrogens is 3. The van der Waals surface area contributed by atoms with Crippen LogP contribution in [-0.4, -0.2) is 22.0 Å². The van der Waals surface area contributed by atoms with Gasteiger partial charge in [0.2, 0.25) is 0 Å². The van der Waals surface area contributed by atoms with Crippen LogP contribution in [0.5, 0.6) is 0 Å². The minimum atomic E-state index is -0.219. The van der Waals surface area contributed by atoms with Crippen LogP contribution in [0.1, 0.15) is 30.6 Å². The maximum Gasteiger partial charge on any atom is 0.124 e. The summed E-state index contributed by atoms with van der Waals surface area (Å²) in [4.78, 5) is 0. The van der Waals surface area contributed by atoms with Crippen LogP contribution < -0.4 is 5.32 Å². The highest BCUT2D eigenvalue weighted by atomic mass is 127. The Bertz CT molecular complexity index is 555. The molecular formula is C13H16FIN4. The monoisotopic (exact) mass is 374 g/mol. The molecule has 0 aliphatic carbocycles. The molecule has 19 heavy (non-hydrogen) atoms. The number of hydrogen-bond donors (Lipinski definition) is 1. The molecule has 1 N–H and O–H groups in total. The van der Waals surface area contributed by atoms with E-state index in [4.69, 9.17) is 0 Å². The predicted molar refractivity (Wildman–Crippen MR) is 80.3 cm³/mol. The van der Waals surface area contributed by atoms with Crippen LogP contribution in [0.15, 0.2) is 24.4 Å². The SMILES string of the molecule is CCCn1nncc1C(NC)c1ccc(F)cc1I. The van der Waals surface area contributed by atoms with Crippen molar-refractivity contribution in [3.05, 3.63) is 45.0 Å². The lowest BCUT2D eigenvalue weighted by atomic mass is 10.0. The smallest absolute Gasteiger partial charge is 0.124 e. The minimum absolute atomic E-state index is 0.0333. The Morgan fingerprint density at radius 2 is 2.26 bits per heavy atom.